The number of aromatic carboxylic acids is 1. The molecule has 0 unspecified atom stereocenters. The SMILES string of the molecule is COc1ccc(-c2cc(C)c(C(=O)O)c(C)n2)c(OC)c1.O=CO. The fraction of sp³-hybridized carbons (Fsp3) is 0.235. The van der Waals surface area contributed by atoms with Crippen molar-refractivity contribution in [3.05, 3.63) is 41.1 Å². The molecule has 2 aromatic rings. The highest BCUT2D eigenvalue weighted by Crippen LogP contribution is 2.33. The number of methoxy groups -OCH3 is 2. The number of benzene rings is 1. The lowest BCUT2D eigenvalue weighted by Gasteiger charge is -2.12. The van der Waals surface area contributed by atoms with E-state index >= 15 is 0 Å². The average molecular weight is 333 g/mol. The maximum atomic E-state index is 11.2. The van der Waals surface area contributed by atoms with Gasteiger partial charge in [0.25, 0.3) is 6.47 Å². The number of hydrogen-bond donors (Lipinski definition) is 2. The van der Waals surface area contributed by atoms with Gasteiger partial charge in [0.1, 0.15) is 11.5 Å². The maximum absolute atomic E-state index is 11.2. The highest BCUT2D eigenvalue weighted by Gasteiger charge is 2.16. The zero-order valence-corrected chi connectivity index (χ0v) is 13.9. The Kier molecular flexibility index (Phi) is 6.73. The van der Waals surface area contributed by atoms with Crippen LogP contribution in [-0.4, -0.2) is 41.9 Å². The molecule has 24 heavy (non-hydrogen) atoms. The van der Waals surface area contributed by atoms with E-state index in [1.807, 2.05) is 12.1 Å². The average Bonchev–Trinajstić information content (AvgIpc) is 2.53. The lowest BCUT2D eigenvalue weighted by atomic mass is 10.0. The number of aromatic nitrogens is 1. The molecule has 1 aromatic carbocycles. The Labute approximate surface area is 139 Å². The normalized spacial score (nSPS) is 9.50. The summed E-state index contributed by atoms with van der Waals surface area (Å²) in [5.41, 5.74) is 2.86. The van der Waals surface area contributed by atoms with Gasteiger partial charge in [-0.3, -0.25) is 9.78 Å². The third kappa shape index (κ3) is 4.22. The second-order valence-corrected chi connectivity index (χ2v) is 4.76. The summed E-state index contributed by atoms with van der Waals surface area (Å²) in [5, 5.41) is 16.1. The maximum Gasteiger partial charge on any atom is 0.337 e. The Morgan fingerprint density at radius 3 is 2.25 bits per heavy atom. The van der Waals surface area contributed by atoms with Crippen molar-refractivity contribution in [2.45, 2.75) is 13.8 Å². The van der Waals surface area contributed by atoms with Crippen LogP contribution in [0.1, 0.15) is 21.6 Å². The first kappa shape index (κ1) is 19.0. The van der Waals surface area contributed by atoms with Crippen LogP contribution in [0, 0.1) is 13.8 Å². The molecule has 0 saturated heterocycles. The summed E-state index contributed by atoms with van der Waals surface area (Å²) >= 11 is 0. The van der Waals surface area contributed by atoms with E-state index in [1.165, 1.54) is 0 Å². The minimum absolute atomic E-state index is 0.242. The number of carboxylic acid groups (broad SMARTS) is 2. The molecule has 2 N–H and O–H groups in total. The molecule has 1 heterocycles. The quantitative estimate of drug-likeness (QED) is 0.829. The summed E-state index contributed by atoms with van der Waals surface area (Å²) < 4.78 is 10.5. The fourth-order valence-electron chi connectivity index (χ4n) is 2.30. The minimum atomic E-state index is -0.967. The molecule has 0 aliphatic carbocycles. The van der Waals surface area contributed by atoms with Crippen LogP contribution in [-0.2, 0) is 4.79 Å². The van der Waals surface area contributed by atoms with E-state index in [0.717, 1.165) is 5.56 Å². The van der Waals surface area contributed by atoms with Crippen LogP contribution in [0.2, 0.25) is 0 Å². The van der Waals surface area contributed by atoms with E-state index in [1.54, 1.807) is 40.2 Å². The molecule has 2 rings (SSSR count). The first-order valence-corrected chi connectivity index (χ1v) is 6.91. The smallest absolute Gasteiger partial charge is 0.337 e. The van der Waals surface area contributed by atoms with Crippen molar-refractivity contribution in [2.75, 3.05) is 14.2 Å². The van der Waals surface area contributed by atoms with Gasteiger partial charge >= 0.3 is 5.97 Å². The molecule has 0 fully saturated rings. The summed E-state index contributed by atoms with van der Waals surface area (Å²) in [6.45, 7) is 3.20. The lowest BCUT2D eigenvalue weighted by molar-refractivity contribution is -0.122. The van der Waals surface area contributed by atoms with Gasteiger partial charge in [-0.2, -0.15) is 0 Å². The molecule has 0 aliphatic rings. The molecule has 0 saturated carbocycles. The summed E-state index contributed by atoms with van der Waals surface area (Å²) in [4.78, 5) is 24.0. The predicted octanol–water partition coefficient (Wildman–Crippen LogP) is 2.78. The minimum Gasteiger partial charge on any atom is -0.497 e. The van der Waals surface area contributed by atoms with E-state index in [4.69, 9.17) is 19.4 Å². The topological polar surface area (TPSA) is 106 Å². The molecular weight excluding hydrogens is 314 g/mol. The molecule has 0 bridgehead atoms. The van der Waals surface area contributed by atoms with Crippen LogP contribution < -0.4 is 9.47 Å². The number of pyridine rings is 1. The van der Waals surface area contributed by atoms with Crippen LogP contribution >= 0.6 is 0 Å². The Bertz CT molecular complexity index is 719. The number of carbonyl (C=O) groups is 2. The van der Waals surface area contributed by atoms with E-state index < -0.39 is 5.97 Å². The number of ether oxygens (including phenoxy) is 2. The Balaban J connectivity index is 0.000000891. The molecule has 1 aromatic heterocycles. The molecule has 0 aliphatic heterocycles. The highest BCUT2D eigenvalue weighted by atomic mass is 16.5. The van der Waals surface area contributed by atoms with Crippen molar-refractivity contribution in [3.8, 4) is 22.8 Å². The summed E-state index contributed by atoms with van der Waals surface area (Å²) in [5.74, 6) is 0.348. The number of rotatable bonds is 4. The van der Waals surface area contributed by atoms with Gasteiger partial charge in [-0.05, 0) is 37.6 Å². The Morgan fingerprint density at radius 2 is 1.79 bits per heavy atom. The third-order valence-corrected chi connectivity index (χ3v) is 3.30. The first-order valence-electron chi connectivity index (χ1n) is 6.91. The third-order valence-electron chi connectivity index (χ3n) is 3.30. The highest BCUT2D eigenvalue weighted by molar-refractivity contribution is 5.91. The Morgan fingerprint density at radius 1 is 1.17 bits per heavy atom. The second kappa shape index (κ2) is 8.52. The molecule has 0 spiro atoms. The number of carboxylic acids is 1. The molecule has 7 nitrogen and oxygen atoms in total. The van der Waals surface area contributed by atoms with Gasteiger partial charge in [0, 0.05) is 11.6 Å². The fourth-order valence-corrected chi connectivity index (χ4v) is 2.30. The number of nitrogens with zero attached hydrogens (tertiary/aromatic N) is 1. The number of aryl methyl sites for hydroxylation is 2. The van der Waals surface area contributed by atoms with Gasteiger partial charge in [-0.25, -0.2) is 4.79 Å². The molecule has 0 radical (unpaired) electrons. The molecular formula is C17H19NO6. The van der Waals surface area contributed by atoms with Crippen LogP contribution in [0.25, 0.3) is 11.3 Å². The molecule has 7 heteroatoms. The summed E-state index contributed by atoms with van der Waals surface area (Å²) in [6, 6.07) is 7.18. The van der Waals surface area contributed by atoms with Crippen LogP contribution in [0.15, 0.2) is 24.3 Å². The van der Waals surface area contributed by atoms with Crippen LogP contribution in [0.4, 0.5) is 0 Å². The van der Waals surface area contributed by atoms with E-state index in [9.17, 15) is 9.90 Å². The first-order chi connectivity index (χ1) is 11.4. The van der Waals surface area contributed by atoms with Gasteiger partial charge in [0.2, 0.25) is 0 Å². The largest absolute Gasteiger partial charge is 0.497 e. The zero-order chi connectivity index (χ0) is 18.3. The van der Waals surface area contributed by atoms with Gasteiger partial charge in [-0.1, -0.05) is 0 Å². The zero-order valence-electron chi connectivity index (χ0n) is 13.9. The lowest BCUT2D eigenvalue weighted by Crippen LogP contribution is -2.06. The van der Waals surface area contributed by atoms with Crippen molar-refractivity contribution in [1.82, 2.24) is 4.98 Å². The van der Waals surface area contributed by atoms with Crippen molar-refractivity contribution in [3.63, 3.8) is 0 Å². The van der Waals surface area contributed by atoms with Crippen molar-refractivity contribution < 1.29 is 29.3 Å². The van der Waals surface area contributed by atoms with Crippen molar-refractivity contribution in [1.29, 1.82) is 0 Å². The van der Waals surface area contributed by atoms with E-state index in [-0.39, 0.29) is 12.0 Å². The van der Waals surface area contributed by atoms with Crippen LogP contribution in [0.5, 0.6) is 11.5 Å². The molecule has 0 atom stereocenters. The summed E-state index contributed by atoms with van der Waals surface area (Å²) in [7, 11) is 3.16. The molecule has 128 valence electrons. The summed E-state index contributed by atoms with van der Waals surface area (Å²) in [6.07, 6.45) is 0. The standard InChI is InChI=1S/C16H17NO4.CH2O2/c1-9-7-13(17-10(2)15(9)16(18)19)12-6-5-11(20-3)8-14(12)21-4;2-1-3/h5-8H,1-4H3,(H,18,19);1H,(H,2,3). The van der Waals surface area contributed by atoms with Crippen molar-refractivity contribution in [2.24, 2.45) is 0 Å². The van der Waals surface area contributed by atoms with Crippen LogP contribution in [0.3, 0.4) is 0 Å². The van der Waals surface area contributed by atoms with Gasteiger partial charge in [0.05, 0.1) is 31.2 Å². The van der Waals surface area contributed by atoms with E-state index in [2.05, 4.69) is 4.98 Å². The van der Waals surface area contributed by atoms with Gasteiger partial charge in [-0.15, -0.1) is 0 Å². The second-order valence-electron chi connectivity index (χ2n) is 4.76. The predicted molar refractivity (Wildman–Crippen MR) is 87.9 cm³/mol. The Hall–Kier alpha value is -3.09. The van der Waals surface area contributed by atoms with E-state index in [0.29, 0.717) is 28.5 Å². The van der Waals surface area contributed by atoms with Gasteiger partial charge in [0.15, 0.2) is 0 Å². The number of hydrogen-bond acceptors (Lipinski definition) is 5. The van der Waals surface area contributed by atoms with Gasteiger partial charge < -0.3 is 19.7 Å². The monoisotopic (exact) mass is 333 g/mol. The van der Waals surface area contributed by atoms with Crippen molar-refractivity contribution >= 4 is 12.4 Å². The molecule has 0 amide bonds.